The standard InChI is InChI=1S/C10H8N2O5/c11-9(13)5-7(10(14)15)6-3-1-2-4-8(6)12(16)17/h1-5H,(H2,11,13)(H,14,15)/b7-5-. The molecule has 1 aromatic carbocycles. The summed E-state index contributed by atoms with van der Waals surface area (Å²) in [6, 6.07) is 5.21. The van der Waals surface area contributed by atoms with Gasteiger partial charge in [-0.3, -0.25) is 14.9 Å². The lowest BCUT2D eigenvalue weighted by Crippen LogP contribution is -2.11. The Morgan fingerprint density at radius 3 is 2.41 bits per heavy atom. The summed E-state index contributed by atoms with van der Waals surface area (Å²) in [5, 5.41) is 19.6. The van der Waals surface area contributed by atoms with E-state index in [2.05, 4.69) is 0 Å². The number of carbonyl (C=O) groups is 2. The molecule has 0 bridgehead atoms. The molecule has 88 valence electrons. The molecule has 1 aromatic rings. The molecule has 0 saturated carbocycles. The van der Waals surface area contributed by atoms with Gasteiger partial charge in [0.25, 0.3) is 5.69 Å². The Kier molecular flexibility index (Phi) is 3.55. The van der Waals surface area contributed by atoms with Gasteiger partial charge in [-0.2, -0.15) is 0 Å². The smallest absolute Gasteiger partial charge is 0.336 e. The Labute approximate surface area is 95.3 Å². The Morgan fingerprint density at radius 1 is 1.35 bits per heavy atom. The van der Waals surface area contributed by atoms with E-state index in [1.54, 1.807) is 0 Å². The molecule has 0 aliphatic heterocycles. The fourth-order valence-corrected chi connectivity index (χ4v) is 1.26. The van der Waals surface area contributed by atoms with Crippen LogP contribution in [-0.2, 0) is 9.59 Å². The minimum Gasteiger partial charge on any atom is -0.478 e. The summed E-state index contributed by atoms with van der Waals surface area (Å²) in [5.74, 6) is -2.45. The number of amides is 1. The number of benzene rings is 1. The number of carbonyl (C=O) groups excluding carboxylic acids is 1. The van der Waals surface area contributed by atoms with E-state index in [0.717, 1.165) is 6.07 Å². The van der Waals surface area contributed by atoms with Gasteiger partial charge in [0.2, 0.25) is 5.91 Å². The first-order chi connectivity index (χ1) is 7.93. The molecule has 1 rings (SSSR count). The third-order valence-electron chi connectivity index (χ3n) is 1.91. The maximum absolute atomic E-state index is 10.9. The Bertz CT molecular complexity index is 521. The van der Waals surface area contributed by atoms with Crippen molar-refractivity contribution >= 4 is 23.1 Å². The summed E-state index contributed by atoms with van der Waals surface area (Å²) in [7, 11) is 0. The zero-order chi connectivity index (χ0) is 13.0. The van der Waals surface area contributed by atoms with Crippen LogP contribution in [0.1, 0.15) is 5.56 Å². The van der Waals surface area contributed by atoms with Crippen molar-refractivity contribution in [1.82, 2.24) is 0 Å². The third-order valence-corrected chi connectivity index (χ3v) is 1.91. The second-order valence-electron chi connectivity index (χ2n) is 3.04. The zero-order valence-corrected chi connectivity index (χ0v) is 8.49. The number of nitrogens with zero attached hydrogens (tertiary/aromatic N) is 1. The van der Waals surface area contributed by atoms with Crippen LogP contribution in [-0.4, -0.2) is 21.9 Å². The molecular weight excluding hydrogens is 228 g/mol. The Morgan fingerprint density at radius 2 is 1.94 bits per heavy atom. The van der Waals surface area contributed by atoms with Crippen LogP contribution in [0.2, 0.25) is 0 Å². The van der Waals surface area contributed by atoms with Crippen LogP contribution in [0.25, 0.3) is 5.57 Å². The van der Waals surface area contributed by atoms with Gasteiger partial charge in [-0.25, -0.2) is 4.79 Å². The molecule has 0 aliphatic rings. The van der Waals surface area contributed by atoms with E-state index in [1.807, 2.05) is 0 Å². The highest BCUT2D eigenvalue weighted by molar-refractivity contribution is 6.21. The number of carboxylic acids is 1. The number of aliphatic carboxylic acids is 1. The molecule has 7 heteroatoms. The van der Waals surface area contributed by atoms with Gasteiger partial charge in [-0.15, -0.1) is 0 Å². The van der Waals surface area contributed by atoms with E-state index in [4.69, 9.17) is 10.8 Å². The van der Waals surface area contributed by atoms with Gasteiger partial charge in [0.1, 0.15) is 0 Å². The second-order valence-corrected chi connectivity index (χ2v) is 3.04. The van der Waals surface area contributed by atoms with Gasteiger partial charge in [0.15, 0.2) is 0 Å². The third kappa shape index (κ3) is 2.88. The summed E-state index contributed by atoms with van der Waals surface area (Å²) in [6.45, 7) is 0. The normalized spacial score (nSPS) is 10.9. The van der Waals surface area contributed by atoms with E-state index < -0.39 is 28.1 Å². The molecule has 0 atom stereocenters. The fraction of sp³-hybridized carbons (Fsp3) is 0. The highest BCUT2D eigenvalue weighted by Gasteiger charge is 2.21. The first-order valence-corrected chi connectivity index (χ1v) is 4.41. The van der Waals surface area contributed by atoms with E-state index in [9.17, 15) is 19.7 Å². The number of primary amides is 1. The van der Waals surface area contributed by atoms with Crippen molar-refractivity contribution in [3.63, 3.8) is 0 Å². The van der Waals surface area contributed by atoms with E-state index in [1.165, 1.54) is 18.2 Å². The first-order valence-electron chi connectivity index (χ1n) is 4.41. The average Bonchev–Trinajstić information content (AvgIpc) is 2.25. The maximum Gasteiger partial charge on any atom is 0.336 e. The highest BCUT2D eigenvalue weighted by Crippen LogP contribution is 2.25. The Hall–Kier alpha value is -2.70. The molecular formula is C10H8N2O5. The summed E-state index contributed by atoms with van der Waals surface area (Å²) in [6.07, 6.45) is 0.644. The van der Waals surface area contributed by atoms with Crippen LogP contribution < -0.4 is 5.73 Å². The molecule has 0 fully saturated rings. The van der Waals surface area contributed by atoms with Crippen LogP contribution in [0.3, 0.4) is 0 Å². The SMILES string of the molecule is NC(=O)/C=C(\C(=O)O)c1ccccc1[N+](=O)[O-]. The van der Waals surface area contributed by atoms with Crippen molar-refractivity contribution in [2.45, 2.75) is 0 Å². The van der Waals surface area contributed by atoms with Gasteiger partial charge >= 0.3 is 5.97 Å². The molecule has 0 radical (unpaired) electrons. The molecule has 1 amide bonds. The van der Waals surface area contributed by atoms with Crippen molar-refractivity contribution in [1.29, 1.82) is 0 Å². The maximum atomic E-state index is 10.9. The lowest BCUT2D eigenvalue weighted by molar-refractivity contribution is -0.385. The first kappa shape index (κ1) is 12.4. The van der Waals surface area contributed by atoms with Crippen LogP contribution in [0.4, 0.5) is 5.69 Å². The van der Waals surface area contributed by atoms with Crippen LogP contribution in [0.15, 0.2) is 30.3 Å². The van der Waals surface area contributed by atoms with Gasteiger partial charge in [0.05, 0.1) is 16.1 Å². The number of hydrogen-bond acceptors (Lipinski definition) is 4. The molecule has 3 N–H and O–H groups in total. The number of nitro benzene ring substituents is 1. The van der Waals surface area contributed by atoms with Gasteiger partial charge in [-0.1, -0.05) is 12.1 Å². The van der Waals surface area contributed by atoms with E-state index >= 15 is 0 Å². The number of para-hydroxylation sites is 1. The number of nitrogens with two attached hydrogens (primary N) is 1. The van der Waals surface area contributed by atoms with Crippen molar-refractivity contribution in [3.8, 4) is 0 Å². The molecule has 0 heterocycles. The number of rotatable bonds is 4. The summed E-state index contributed by atoms with van der Waals surface area (Å²) >= 11 is 0. The van der Waals surface area contributed by atoms with Gasteiger partial charge < -0.3 is 10.8 Å². The quantitative estimate of drug-likeness (QED) is 0.448. The summed E-state index contributed by atoms with van der Waals surface area (Å²) < 4.78 is 0. The molecule has 0 aromatic heterocycles. The largest absolute Gasteiger partial charge is 0.478 e. The lowest BCUT2D eigenvalue weighted by Gasteiger charge is -2.02. The van der Waals surface area contributed by atoms with Crippen molar-refractivity contribution in [2.24, 2.45) is 5.73 Å². The summed E-state index contributed by atoms with van der Waals surface area (Å²) in [5.41, 5.74) is 3.77. The molecule has 0 spiro atoms. The van der Waals surface area contributed by atoms with E-state index in [0.29, 0.717) is 6.08 Å². The minimum atomic E-state index is -1.46. The van der Waals surface area contributed by atoms with Crippen molar-refractivity contribution < 1.29 is 19.6 Å². The lowest BCUT2D eigenvalue weighted by atomic mass is 10.0. The molecule has 7 nitrogen and oxygen atoms in total. The van der Waals surface area contributed by atoms with Crippen LogP contribution in [0.5, 0.6) is 0 Å². The predicted octanol–water partition coefficient (Wildman–Crippen LogP) is 0.548. The van der Waals surface area contributed by atoms with Crippen molar-refractivity contribution in [3.05, 3.63) is 46.0 Å². The predicted molar refractivity (Wildman–Crippen MR) is 57.9 cm³/mol. The van der Waals surface area contributed by atoms with Crippen LogP contribution >= 0.6 is 0 Å². The van der Waals surface area contributed by atoms with Gasteiger partial charge in [0, 0.05) is 12.1 Å². The molecule has 0 unspecified atom stereocenters. The monoisotopic (exact) mass is 236 g/mol. The van der Waals surface area contributed by atoms with Crippen LogP contribution in [0, 0.1) is 10.1 Å². The zero-order valence-electron chi connectivity index (χ0n) is 8.49. The van der Waals surface area contributed by atoms with Gasteiger partial charge in [-0.05, 0) is 6.07 Å². The molecule has 0 saturated heterocycles. The Balaban J connectivity index is 3.44. The number of carboxylic acid groups (broad SMARTS) is 1. The minimum absolute atomic E-state index is 0.163. The number of hydrogen-bond donors (Lipinski definition) is 2. The van der Waals surface area contributed by atoms with Crippen molar-refractivity contribution in [2.75, 3.05) is 0 Å². The summed E-state index contributed by atoms with van der Waals surface area (Å²) in [4.78, 5) is 31.6. The average molecular weight is 236 g/mol. The molecule has 17 heavy (non-hydrogen) atoms. The topological polar surface area (TPSA) is 124 Å². The molecule has 0 aliphatic carbocycles. The highest BCUT2D eigenvalue weighted by atomic mass is 16.6. The second kappa shape index (κ2) is 4.88. The fourth-order valence-electron chi connectivity index (χ4n) is 1.26. The van der Waals surface area contributed by atoms with E-state index in [-0.39, 0.29) is 5.56 Å². The number of nitro groups is 1.